The van der Waals surface area contributed by atoms with E-state index in [0.717, 1.165) is 6.54 Å². The van der Waals surface area contributed by atoms with E-state index in [1.165, 1.54) is 0 Å². The third-order valence-corrected chi connectivity index (χ3v) is 3.38. The fourth-order valence-electron chi connectivity index (χ4n) is 2.18. The van der Waals surface area contributed by atoms with Gasteiger partial charge in [-0.05, 0) is 12.5 Å². The summed E-state index contributed by atoms with van der Waals surface area (Å²) in [4.78, 5) is 16.7. The molecule has 2 aromatic heterocycles. The Hall–Kier alpha value is -1.69. The van der Waals surface area contributed by atoms with Gasteiger partial charge < -0.3 is 5.32 Å². The molecule has 0 fully saturated rings. The topological polar surface area (TPSA) is 64.7 Å². The van der Waals surface area contributed by atoms with Crippen molar-refractivity contribution in [2.24, 2.45) is 13.0 Å². The summed E-state index contributed by atoms with van der Waals surface area (Å²) in [5.41, 5.74) is 0.604. The number of aromatic nitrogens is 4. The summed E-state index contributed by atoms with van der Waals surface area (Å²) in [7, 11) is 1.79. The standard InChI is InChI=1S/C13H21N5O/c1-5-14-11(9(2)3)7-18-8-15-12-10(13(18)19)6-16-17(12)4/h6,8-9,11,14H,5,7H2,1-4H3. The second-order valence-electron chi connectivity index (χ2n) is 5.12. The Bertz CT molecular complexity index is 613. The van der Waals surface area contributed by atoms with Crippen LogP contribution < -0.4 is 10.9 Å². The molecule has 6 heteroatoms. The molecule has 2 aromatic rings. The van der Waals surface area contributed by atoms with Gasteiger partial charge in [0.25, 0.3) is 5.56 Å². The van der Waals surface area contributed by atoms with Gasteiger partial charge >= 0.3 is 0 Å². The molecule has 0 saturated carbocycles. The molecule has 0 amide bonds. The molecule has 6 nitrogen and oxygen atoms in total. The molecule has 104 valence electrons. The van der Waals surface area contributed by atoms with Crippen LogP contribution in [0.5, 0.6) is 0 Å². The smallest absolute Gasteiger partial charge is 0.264 e. The lowest BCUT2D eigenvalue weighted by Crippen LogP contribution is -2.40. The van der Waals surface area contributed by atoms with Crippen LogP contribution in [0.3, 0.4) is 0 Å². The number of hydrogen-bond acceptors (Lipinski definition) is 4. The van der Waals surface area contributed by atoms with Gasteiger partial charge in [0.05, 0.1) is 6.20 Å². The highest BCUT2D eigenvalue weighted by Gasteiger charge is 2.15. The van der Waals surface area contributed by atoms with Crippen molar-refractivity contribution in [3.8, 4) is 0 Å². The van der Waals surface area contributed by atoms with Gasteiger partial charge in [-0.25, -0.2) is 4.98 Å². The first kappa shape index (κ1) is 13.7. The van der Waals surface area contributed by atoms with Crippen molar-refractivity contribution in [3.05, 3.63) is 22.9 Å². The van der Waals surface area contributed by atoms with E-state index in [9.17, 15) is 4.79 Å². The van der Waals surface area contributed by atoms with Gasteiger partial charge in [-0.2, -0.15) is 5.10 Å². The van der Waals surface area contributed by atoms with Crippen LogP contribution in [0.4, 0.5) is 0 Å². The second-order valence-corrected chi connectivity index (χ2v) is 5.12. The van der Waals surface area contributed by atoms with Crippen LogP contribution >= 0.6 is 0 Å². The van der Waals surface area contributed by atoms with Crippen LogP contribution in [0.15, 0.2) is 17.3 Å². The number of rotatable bonds is 5. The van der Waals surface area contributed by atoms with Crippen molar-refractivity contribution in [1.29, 1.82) is 0 Å². The third-order valence-electron chi connectivity index (χ3n) is 3.38. The van der Waals surface area contributed by atoms with E-state index in [0.29, 0.717) is 23.5 Å². The number of aryl methyl sites for hydroxylation is 1. The molecule has 0 aromatic carbocycles. The number of likely N-dealkylation sites (N-methyl/N-ethyl adjacent to an activating group) is 1. The second kappa shape index (κ2) is 5.52. The fraction of sp³-hybridized carbons (Fsp3) is 0.615. The Morgan fingerprint density at radius 3 is 2.79 bits per heavy atom. The minimum absolute atomic E-state index is 0.0262. The zero-order chi connectivity index (χ0) is 14.0. The number of fused-ring (bicyclic) bond motifs is 1. The van der Waals surface area contributed by atoms with E-state index in [4.69, 9.17) is 0 Å². The van der Waals surface area contributed by atoms with Gasteiger partial charge in [0, 0.05) is 19.6 Å². The lowest BCUT2D eigenvalue weighted by Gasteiger charge is -2.22. The average Bonchev–Trinajstić information content (AvgIpc) is 2.74. The lowest BCUT2D eigenvalue weighted by molar-refractivity contribution is 0.357. The molecule has 0 bridgehead atoms. The van der Waals surface area contributed by atoms with E-state index < -0.39 is 0 Å². The lowest BCUT2D eigenvalue weighted by atomic mass is 10.0. The van der Waals surface area contributed by atoms with E-state index in [-0.39, 0.29) is 11.6 Å². The van der Waals surface area contributed by atoms with Crippen LogP contribution in [-0.2, 0) is 13.6 Å². The Balaban J connectivity index is 2.35. The van der Waals surface area contributed by atoms with Crippen LogP contribution in [-0.4, -0.2) is 31.9 Å². The molecule has 2 heterocycles. The Morgan fingerprint density at radius 1 is 1.42 bits per heavy atom. The van der Waals surface area contributed by atoms with E-state index >= 15 is 0 Å². The largest absolute Gasteiger partial charge is 0.312 e. The first-order valence-electron chi connectivity index (χ1n) is 6.65. The molecule has 1 atom stereocenters. The molecule has 1 unspecified atom stereocenters. The van der Waals surface area contributed by atoms with Crippen LogP contribution in [0, 0.1) is 5.92 Å². The minimum Gasteiger partial charge on any atom is -0.312 e. The molecule has 0 aliphatic heterocycles. The summed E-state index contributed by atoms with van der Waals surface area (Å²) in [6, 6.07) is 0.263. The average molecular weight is 263 g/mol. The van der Waals surface area contributed by atoms with Gasteiger partial charge in [-0.15, -0.1) is 0 Å². The van der Waals surface area contributed by atoms with Crippen LogP contribution in [0.1, 0.15) is 20.8 Å². The number of nitrogens with one attached hydrogen (secondary N) is 1. The normalized spacial score (nSPS) is 13.3. The van der Waals surface area contributed by atoms with Crippen molar-refractivity contribution in [1.82, 2.24) is 24.6 Å². The molecular formula is C13H21N5O. The molecule has 0 spiro atoms. The molecule has 19 heavy (non-hydrogen) atoms. The summed E-state index contributed by atoms with van der Waals surface area (Å²) in [5.74, 6) is 0.455. The summed E-state index contributed by atoms with van der Waals surface area (Å²) < 4.78 is 3.28. The summed E-state index contributed by atoms with van der Waals surface area (Å²) in [5, 5.41) is 8.05. The summed E-state index contributed by atoms with van der Waals surface area (Å²) in [6.07, 6.45) is 3.19. The van der Waals surface area contributed by atoms with E-state index in [2.05, 4.69) is 36.2 Å². The predicted molar refractivity (Wildman–Crippen MR) is 75.1 cm³/mol. The van der Waals surface area contributed by atoms with Gasteiger partial charge in [0.2, 0.25) is 0 Å². The number of hydrogen-bond donors (Lipinski definition) is 1. The van der Waals surface area contributed by atoms with Crippen molar-refractivity contribution in [2.75, 3.05) is 6.54 Å². The summed E-state index contributed by atoms with van der Waals surface area (Å²) >= 11 is 0. The van der Waals surface area contributed by atoms with Gasteiger partial charge in [0.1, 0.15) is 11.7 Å². The Morgan fingerprint density at radius 2 is 2.16 bits per heavy atom. The highest BCUT2D eigenvalue weighted by molar-refractivity contribution is 5.72. The number of nitrogens with zero attached hydrogens (tertiary/aromatic N) is 4. The van der Waals surface area contributed by atoms with E-state index in [1.807, 2.05) is 0 Å². The molecule has 1 N–H and O–H groups in total. The SMILES string of the molecule is CCNC(Cn1cnc2c(cnn2C)c1=O)C(C)C. The Labute approximate surface area is 112 Å². The monoisotopic (exact) mass is 263 g/mol. The minimum atomic E-state index is -0.0262. The van der Waals surface area contributed by atoms with Crippen LogP contribution in [0.25, 0.3) is 11.0 Å². The maximum atomic E-state index is 12.3. The molecule has 0 aliphatic carbocycles. The van der Waals surface area contributed by atoms with Gasteiger partial charge in [-0.1, -0.05) is 20.8 Å². The predicted octanol–water partition coefficient (Wildman–Crippen LogP) is 0.764. The quantitative estimate of drug-likeness (QED) is 0.865. The molecule has 2 rings (SSSR count). The molecule has 0 saturated heterocycles. The Kier molecular flexibility index (Phi) is 3.99. The van der Waals surface area contributed by atoms with Crippen molar-refractivity contribution in [3.63, 3.8) is 0 Å². The highest BCUT2D eigenvalue weighted by atomic mass is 16.1. The highest BCUT2D eigenvalue weighted by Crippen LogP contribution is 2.06. The zero-order valence-electron chi connectivity index (χ0n) is 11.9. The maximum Gasteiger partial charge on any atom is 0.264 e. The van der Waals surface area contributed by atoms with E-state index in [1.54, 1.807) is 28.8 Å². The van der Waals surface area contributed by atoms with Gasteiger partial charge in [0.15, 0.2) is 5.65 Å². The first-order chi connectivity index (χ1) is 9.04. The van der Waals surface area contributed by atoms with Crippen molar-refractivity contribution < 1.29 is 0 Å². The zero-order valence-corrected chi connectivity index (χ0v) is 11.9. The molecule has 0 aliphatic rings. The van der Waals surface area contributed by atoms with Crippen molar-refractivity contribution >= 4 is 11.0 Å². The summed E-state index contributed by atoms with van der Waals surface area (Å²) in [6.45, 7) is 7.88. The maximum absolute atomic E-state index is 12.3. The van der Waals surface area contributed by atoms with Crippen LogP contribution in [0.2, 0.25) is 0 Å². The van der Waals surface area contributed by atoms with Gasteiger partial charge in [-0.3, -0.25) is 14.0 Å². The first-order valence-corrected chi connectivity index (χ1v) is 6.65. The third kappa shape index (κ3) is 2.68. The van der Waals surface area contributed by atoms with Crippen molar-refractivity contribution in [2.45, 2.75) is 33.4 Å². The molecular weight excluding hydrogens is 242 g/mol. The molecule has 0 radical (unpaired) electrons. The fourth-order valence-corrected chi connectivity index (χ4v) is 2.18.